The molecule has 3 aromatic rings. The standard InChI is InChI=1S/C22H23ClN6O/c1-25-18-8-9-28(13-18)21-7-6-19(12-27-21)29(14-24)22(30)20-10-16(11-26-20)15-2-4-17(23)5-3-15/h2-7,10-12,14,18,24-26H,8-9,13H2,1H3. The van der Waals surface area contributed by atoms with Crippen LogP contribution in [0.5, 0.6) is 0 Å². The number of carbonyl (C=O) groups excluding carboxylic acids is 1. The van der Waals surface area contributed by atoms with Crippen molar-refractivity contribution in [3.05, 3.63) is 65.6 Å². The smallest absolute Gasteiger partial charge is 0.280 e. The third-order valence-corrected chi connectivity index (χ3v) is 5.62. The van der Waals surface area contributed by atoms with Gasteiger partial charge in [-0.05, 0) is 54.9 Å². The molecule has 0 aliphatic carbocycles. The minimum absolute atomic E-state index is 0.323. The van der Waals surface area contributed by atoms with Gasteiger partial charge < -0.3 is 15.2 Å². The highest BCUT2D eigenvalue weighted by molar-refractivity contribution is 6.30. The number of likely N-dealkylation sites (N-methyl/N-ethyl adjacent to an activating group) is 1. The van der Waals surface area contributed by atoms with Crippen molar-refractivity contribution in [2.75, 3.05) is 29.9 Å². The second kappa shape index (κ2) is 8.69. The molecule has 1 aromatic carbocycles. The molecule has 1 aliphatic rings. The van der Waals surface area contributed by atoms with E-state index in [0.717, 1.165) is 42.8 Å². The molecule has 2 aromatic heterocycles. The molecule has 0 radical (unpaired) electrons. The Morgan fingerprint density at radius 1 is 1.30 bits per heavy atom. The van der Waals surface area contributed by atoms with Gasteiger partial charge in [-0.3, -0.25) is 15.1 Å². The summed E-state index contributed by atoms with van der Waals surface area (Å²) in [4.78, 5) is 24.0. The van der Waals surface area contributed by atoms with E-state index in [4.69, 9.17) is 17.0 Å². The molecular formula is C22H23ClN6O. The van der Waals surface area contributed by atoms with E-state index in [2.05, 4.69) is 20.2 Å². The van der Waals surface area contributed by atoms with Gasteiger partial charge in [0.05, 0.1) is 18.2 Å². The van der Waals surface area contributed by atoms with Gasteiger partial charge in [0.15, 0.2) is 0 Å². The number of carbonyl (C=O) groups is 1. The van der Waals surface area contributed by atoms with Crippen LogP contribution in [-0.4, -0.2) is 48.4 Å². The molecule has 0 bridgehead atoms. The van der Waals surface area contributed by atoms with E-state index in [9.17, 15) is 4.79 Å². The maximum absolute atomic E-state index is 13.0. The van der Waals surface area contributed by atoms with Gasteiger partial charge in [-0.15, -0.1) is 0 Å². The third-order valence-electron chi connectivity index (χ3n) is 5.37. The molecule has 3 N–H and O–H groups in total. The fourth-order valence-corrected chi connectivity index (χ4v) is 3.74. The van der Waals surface area contributed by atoms with Gasteiger partial charge in [0, 0.05) is 30.4 Å². The lowest BCUT2D eigenvalue weighted by atomic mass is 10.1. The van der Waals surface area contributed by atoms with Gasteiger partial charge >= 0.3 is 0 Å². The third kappa shape index (κ3) is 4.08. The zero-order chi connectivity index (χ0) is 21.1. The zero-order valence-electron chi connectivity index (χ0n) is 16.6. The van der Waals surface area contributed by atoms with E-state index in [1.165, 1.54) is 4.90 Å². The number of nitrogens with zero attached hydrogens (tertiary/aromatic N) is 3. The highest BCUT2D eigenvalue weighted by Gasteiger charge is 2.23. The molecule has 8 heteroatoms. The van der Waals surface area contributed by atoms with E-state index in [1.807, 2.05) is 43.4 Å². The molecule has 0 spiro atoms. The summed E-state index contributed by atoms with van der Waals surface area (Å²) in [7, 11) is 1.97. The molecule has 1 unspecified atom stereocenters. The molecule has 154 valence electrons. The second-order valence-electron chi connectivity index (χ2n) is 7.21. The summed E-state index contributed by atoms with van der Waals surface area (Å²) >= 11 is 5.94. The number of nitrogens with one attached hydrogen (secondary N) is 3. The first-order valence-electron chi connectivity index (χ1n) is 9.76. The number of anilines is 2. The van der Waals surface area contributed by atoms with Gasteiger partial charge in [-0.1, -0.05) is 23.7 Å². The lowest BCUT2D eigenvalue weighted by molar-refractivity contribution is 0.0999. The van der Waals surface area contributed by atoms with Crippen molar-refractivity contribution < 1.29 is 4.79 Å². The van der Waals surface area contributed by atoms with Gasteiger partial charge in [0.1, 0.15) is 11.5 Å². The maximum Gasteiger partial charge on any atom is 0.280 e. The molecule has 0 saturated carbocycles. The van der Waals surface area contributed by atoms with Crippen molar-refractivity contribution in [2.24, 2.45) is 0 Å². The Hall–Kier alpha value is -3.16. The summed E-state index contributed by atoms with van der Waals surface area (Å²) in [6.07, 6.45) is 5.49. The summed E-state index contributed by atoms with van der Waals surface area (Å²) in [6.45, 7) is 1.85. The Kier molecular flexibility index (Phi) is 5.83. The van der Waals surface area contributed by atoms with Crippen LogP contribution >= 0.6 is 11.6 Å². The molecule has 4 rings (SSSR count). The summed E-state index contributed by atoms with van der Waals surface area (Å²) in [6, 6.07) is 13.4. The Balaban J connectivity index is 1.50. The summed E-state index contributed by atoms with van der Waals surface area (Å²) in [5.41, 5.74) is 2.77. The van der Waals surface area contributed by atoms with Crippen LogP contribution in [0.1, 0.15) is 16.9 Å². The van der Waals surface area contributed by atoms with E-state index in [0.29, 0.717) is 22.4 Å². The van der Waals surface area contributed by atoms with Crippen molar-refractivity contribution in [1.29, 1.82) is 5.41 Å². The number of H-pyrrole nitrogens is 1. The molecular weight excluding hydrogens is 400 g/mol. The first kappa shape index (κ1) is 20.1. The Labute approximate surface area is 180 Å². The van der Waals surface area contributed by atoms with Crippen LogP contribution in [0.4, 0.5) is 11.5 Å². The SMILES string of the molecule is CNC1CCN(c2ccc(N(C=N)C(=O)c3cc(-c4ccc(Cl)cc4)c[nH]3)cn2)C1. The van der Waals surface area contributed by atoms with Crippen molar-refractivity contribution in [3.8, 4) is 11.1 Å². The van der Waals surface area contributed by atoms with Crippen LogP contribution in [0.2, 0.25) is 5.02 Å². The van der Waals surface area contributed by atoms with Gasteiger partial charge in [-0.25, -0.2) is 4.98 Å². The van der Waals surface area contributed by atoms with E-state index < -0.39 is 0 Å². The van der Waals surface area contributed by atoms with Crippen LogP contribution in [0.25, 0.3) is 11.1 Å². The molecule has 1 atom stereocenters. The quantitative estimate of drug-likeness (QED) is 0.416. The van der Waals surface area contributed by atoms with E-state index >= 15 is 0 Å². The molecule has 1 amide bonds. The number of benzene rings is 1. The van der Waals surface area contributed by atoms with Crippen LogP contribution in [0.3, 0.4) is 0 Å². The fraction of sp³-hybridized carbons (Fsp3) is 0.227. The number of pyridine rings is 1. The Bertz CT molecular complexity index is 1030. The molecule has 1 saturated heterocycles. The normalized spacial score (nSPS) is 15.9. The van der Waals surface area contributed by atoms with Crippen molar-refractivity contribution >= 4 is 35.4 Å². The summed E-state index contributed by atoms with van der Waals surface area (Å²) < 4.78 is 0. The van der Waals surface area contributed by atoms with Crippen LogP contribution < -0.4 is 15.1 Å². The molecule has 7 nitrogen and oxygen atoms in total. The fourth-order valence-electron chi connectivity index (χ4n) is 3.62. The minimum atomic E-state index is -0.323. The highest BCUT2D eigenvalue weighted by Crippen LogP contribution is 2.25. The maximum atomic E-state index is 13.0. The average molecular weight is 423 g/mol. The largest absolute Gasteiger partial charge is 0.357 e. The van der Waals surface area contributed by atoms with Gasteiger partial charge in [0.2, 0.25) is 0 Å². The van der Waals surface area contributed by atoms with E-state index in [1.54, 1.807) is 18.5 Å². The number of aromatic nitrogens is 2. The minimum Gasteiger partial charge on any atom is -0.357 e. The monoisotopic (exact) mass is 422 g/mol. The second-order valence-corrected chi connectivity index (χ2v) is 7.64. The lowest BCUT2D eigenvalue weighted by Crippen LogP contribution is -2.30. The van der Waals surface area contributed by atoms with Crippen LogP contribution in [-0.2, 0) is 0 Å². The first-order valence-corrected chi connectivity index (χ1v) is 10.1. The molecule has 30 heavy (non-hydrogen) atoms. The lowest BCUT2D eigenvalue weighted by Gasteiger charge is -2.20. The Morgan fingerprint density at radius 2 is 2.10 bits per heavy atom. The van der Waals surface area contributed by atoms with Gasteiger partial charge in [0.25, 0.3) is 5.91 Å². The van der Waals surface area contributed by atoms with Gasteiger partial charge in [-0.2, -0.15) is 0 Å². The number of halogens is 1. The number of amides is 1. The average Bonchev–Trinajstić information content (AvgIpc) is 3.45. The van der Waals surface area contributed by atoms with Crippen molar-refractivity contribution in [3.63, 3.8) is 0 Å². The highest BCUT2D eigenvalue weighted by atomic mass is 35.5. The molecule has 3 heterocycles. The Morgan fingerprint density at radius 3 is 2.73 bits per heavy atom. The summed E-state index contributed by atoms with van der Waals surface area (Å²) in [5.74, 6) is 0.551. The zero-order valence-corrected chi connectivity index (χ0v) is 17.4. The van der Waals surface area contributed by atoms with Crippen LogP contribution in [0, 0.1) is 5.41 Å². The molecule has 1 aliphatic heterocycles. The number of aromatic amines is 1. The predicted octanol–water partition coefficient (Wildman–Crippen LogP) is 3.78. The van der Waals surface area contributed by atoms with Crippen molar-refractivity contribution in [1.82, 2.24) is 15.3 Å². The van der Waals surface area contributed by atoms with E-state index in [-0.39, 0.29) is 5.91 Å². The summed E-state index contributed by atoms with van der Waals surface area (Å²) in [5, 5.41) is 11.7. The number of hydrogen-bond acceptors (Lipinski definition) is 5. The number of rotatable bonds is 6. The molecule has 1 fully saturated rings. The topological polar surface area (TPSA) is 88.1 Å². The first-order chi connectivity index (χ1) is 14.6. The van der Waals surface area contributed by atoms with Crippen LogP contribution in [0.15, 0.2) is 54.9 Å². The van der Waals surface area contributed by atoms with Crippen molar-refractivity contribution in [2.45, 2.75) is 12.5 Å². The predicted molar refractivity (Wildman–Crippen MR) is 121 cm³/mol. The number of hydrogen-bond donors (Lipinski definition) is 3.